The molecular weight excluding hydrogens is 228 g/mol. The van der Waals surface area contributed by atoms with Gasteiger partial charge in [0.15, 0.2) is 5.79 Å². The lowest BCUT2D eigenvalue weighted by Crippen LogP contribution is -2.48. The van der Waals surface area contributed by atoms with Crippen LogP contribution in [0.5, 0.6) is 0 Å². The maximum Gasteiger partial charge on any atom is 0.168 e. The first kappa shape index (κ1) is 12.9. The van der Waals surface area contributed by atoms with Gasteiger partial charge in [0.05, 0.1) is 13.2 Å². The number of nitrogens with two attached hydrogens (primary N) is 1. The Morgan fingerprint density at radius 1 is 1.11 bits per heavy atom. The van der Waals surface area contributed by atoms with Crippen LogP contribution in [0.1, 0.15) is 38.5 Å². The zero-order valence-electron chi connectivity index (χ0n) is 11.3. The van der Waals surface area contributed by atoms with E-state index in [1.165, 1.54) is 38.8 Å². The van der Waals surface area contributed by atoms with E-state index >= 15 is 0 Å². The molecule has 1 atom stereocenters. The van der Waals surface area contributed by atoms with E-state index < -0.39 is 0 Å². The third kappa shape index (κ3) is 2.57. The Morgan fingerprint density at radius 2 is 1.83 bits per heavy atom. The van der Waals surface area contributed by atoms with Crippen molar-refractivity contribution in [1.29, 1.82) is 0 Å². The van der Waals surface area contributed by atoms with Gasteiger partial charge in [0.25, 0.3) is 0 Å². The number of hydrogen-bond acceptors (Lipinski definition) is 4. The van der Waals surface area contributed by atoms with Gasteiger partial charge >= 0.3 is 0 Å². The lowest BCUT2D eigenvalue weighted by Gasteiger charge is -2.43. The van der Waals surface area contributed by atoms with Gasteiger partial charge in [-0.15, -0.1) is 0 Å². The zero-order valence-corrected chi connectivity index (χ0v) is 11.3. The van der Waals surface area contributed by atoms with Crippen LogP contribution in [-0.4, -0.2) is 49.6 Å². The summed E-state index contributed by atoms with van der Waals surface area (Å²) in [7, 11) is 0. The summed E-state index contributed by atoms with van der Waals surface area (Å²) >= 11 is 0. The highest BCUT2D eigenvalue weighted by Crippen LogP contribution is 2.38. The molecule has 2 aliphatic heterocycles. The van der Waals surface area contributed by atoms with Crippen LogP contribution in [-0.2, 0) is 9.47 Å². The van der Waals surface area contributed by atoms with Crippen LogP contribution in [0.2, 0.25) is 0 Å². The average molecular weight is 254 g/mol. The first-order chi connectivity index (χ1) is 8.81. The molecule has 0 amide bonds. The van der Waals surface area contributed by atoms with Crippen molar-refractivity contribution in [3.05, 3.63) is 0 Å². The van der Waals surface area contributed by atoms with E-state index in [0.29, 0.717) is 5.92 Å². The maximum absolute atomic E-state index is 5.82. The van der Waals surface area contributed by atoms with Crippen LogP contribution in [0, 0.1) is 5.92 Å². The Bertz CT molecular complexity index is 269. The van der Waals surface area contributed by atoms with Crippen molar-refractivity contribution >= 4 is 0 Å². The Balaban J connectivity index is 1.52. The third-order valence-corrected chi connectivity index (χ3v) is 4.93. The minimum atomic E-state index is -0.209. The molecule has 2 N–H and O–H groups in total. The minimum absolute atomic E-state index is 0.209. The van der Waals surface area contributed by atoms with Crippen molar-refractivity contribution in [1.82, 2.24) is 4.90 Å². The van der Waals surface area contributed by atoms with Gasteiger partial charge in [-0.05, 0) is 44.7 Å². The van der Waals surface area contributed by atoms with Crippen LogP contribution >= 0.6 is 0 Å². The molecule has 0 bridgehead atoms. The van der Waals surface area contributed by atoms with E-state index in [1.807, 2.05) is 0 Å². The summed E-state index contributed by atoms with van der Waals surface area (Å²) in [4.78, 5) is 2.67. The Labute approximate surface area is 110 Å². The van der Waals surface area contributed by atoms with E-state index in [9.17, 15) is 0 Å². The van der Waals surface area contributed by atoms with Gasteiger partial charge in [0.2, 0.25) is 0 Å². The minimum Gasteiger partial charge on any atom is -0.348 e. The molecule has 1 unspecified atom stereocenters. The molecule has 1 spiro atoms. The summed E-state index contributed by atoms with van der Waals surface area (Å²) < 4.78 is 11.6. The van der Waals surface area contributed by atoms with Gasteiger partial charge in [-0.2, -0.15) is 0 Å². The maximum atomic E-state index is 5.82. The van der Waals surface area contributed by atoms with Crippen molar-refractivity contribution in [3.63, 3.8) is 0 Å². The largest absolute Gasteiger partial charge is 0.348 e. The highest BCUT2D eigenvalue weighted by molar-refractivity contribution is 4.88. The fourth-order valence-electron chi connectivity index (χ4n) is 3.81. The van der Waals surface area contributed by atoms with Crippen LogP contribution in [0.3, 0.4) is 0 Å². The summed E-state index contributed by atoms with van der Waals surface area (Å²) in [5, 5.41) is 0. The van der Waals surface area contributed by atoms with E-state index in [4.69, 9.17) is 15.2 Å². The molecule has 104 valence electrons. The quantitative estimate of drug-likeness (QED) is 0.808. The van der Waals surface area contributed by atoms with E-state index in [2.05, 4.69) is 4.90 Å². The van der Waals surface area contributed by atoms with Crippen LogP contribution in [0.15, 0.2) is 0 Å². The van der Waals surface area contributed by atoms with Crippen LogP contribution < -0.4 is 5.73 Å². The van der Waals surface area contributed by atoms with Crippen LogP contribution in [0.4, 0.5) is 0 Å². The molecule has 0 aromatic heterocycles. The molecule has 4 nitrogen and oxygen atoms in total. The molecule has 2 heterocycles. The molecule has 3 aliphatic rings. The number of hydrogen-bond donors (Lipinski definition) is 1. The Morgan fingerprint density at radius 3 is 2.50 bits per heavy atom. The Kier molecular flexibility index (Phi) is 3.89. The van der Waals surface area contributed by atoms with Crippen molar-refractivity contribution < 1.29 is 9.47 Å². The summed E-state index contributed by atoms with van der Waals surface area (Å²) in [6, 6.07) is 0.734. The molecule has 0 radical (unpaired) electrons. The van der Waals surface area contributed by atoms with Gasteiger partial charge < -0.3 is 20.1 Å². The van der Waals surface area contributed by atoms with Crippen molar-refractivity contribution in [2.45, 2.75) is 50.4 Å². The fourth-order valence-corrected chi connectivity index (χ4v) is 3.81. The first-order valence-corrected chi connectivity index (χ1v) is 7.53. The second kappa shape index (κ2) is 5.45. The van der Waals surface area contributed by atoms with Gasteiger partial charge in [-0.25, -0.2) is 0 Å². The molecule has 18 heavy (non-hydrogen) atoms. The number of likely N-dealkylation sites (tertiary alicyclic amines) is 1. The molecule has 2 saturated heterocycles. The molecule has 0 aromatic carbocycles. The van der Waals surface area contributed by atoms with Gasteiger partial charge in [0.1, 0.15) is 0 Å². The van der Waals surface area contributed by atoms with Crippen LogP contribution in [0.25, 0.3) is 0 Å². The summed E-state index contributed by atoms with van der Waals surface area (Å²) in [5.74, 6) is 0.508. The van der Waals surface area contributed by atoms with Crippen molar-refractivity contribution in [2.24, 2.45) is 11.7 Å². The highest BCUT2D eigenvalue weighted by atomic mass is 16.7. The second-order valence-electron chi connectivity index (χ2n) is 6.08. The lowest BCUT2D eigenvalue weighted by molar-refractivity contribution is -0.184. The van der Waals surface area contributed by atoms with E-state index in [0.717, 1.165) is 38.6 Å². The average Bonchev–Trinajstić information content (AvgIpc) is 2.88. The van der Waals surface area contributed by atoms with Crippen molar-refractivity contribution in [2.75, 3.05) is 32.8 Å². The number of rotatable bonds is 2. The van der Waals surface area contributed by atoms with E-state index in [1.54, 1.807) is 0 Å². The summed E-state index contributed by atoms with van der Waals surface area (Å²) in [6.45, 7) is 4.87. The molecule has 0 aromatic rings. The Hall–Kier alpha value is -0.160. The predicted octanol–water partition coefficient (Wildman–Crippen LogP) is 1.34. The fraction of sp³-hybridized carbons (Fsp3) is 1.00. The number of nitrogens with zero attached hydrogens (tertiary/aromatic N) is 1. The monoisotopic (exact) mass is 254 g/mol. The van der Waals surface area contributed by atoms with Gasteiger partial charge in [-0.1, -0.05) is 0 Å². The molecule has 1 saturated carbocycles. The van der Waals surface area contributed by atoms with E-state index in [-0.39, 0.29) is 5.79 Å². The molecule has 3 rings (SSSR count). The summed E-state index contributed by atoms with van der Waals surface area (Å²) in [6.07, 6.45) is 7.21. The highest BCUT2D eigenvalue weighted by Gasteiger charge is 2.41. The number of piperidine rings is 1. The lowest BCUT2D eigenvalue weighted by atomic mass is 9.87. The van der Waals surface area contributed by atoms with Gasteiger partial charge in [0, 0.05) is 25.4 Å². The second-order valence-corrected chi connectivity index (χ2v) is 6.08. The van der Waals surface area contributed by atoms with Gasteiger partial charge in [-0.3, -0.25) is 0 Å². The standard InChI is InChI=1S/C14H26N2O2/c15-10-12-2-1-7-16(11-12)13-3-5-14(6-4-13)17-8-9-18-14/h12-13H,1-11,15H2. The zero-order chi connectivity index (χ0) is 12.4. The summed E-state index contributed by atoms with van der Waals surface area (Å²) in [5.41, 5.74) is 5.82. The smallest absolute Gasteiger partial charge is 0.168 e. The number of ether oxygens (including phenoxy) is 2. The molecule has 4 heteroatoms. The first-order valence-electron chi connectivity index (χ1n) is 7.53. The third-order valence-electron chi connectivity index (χ3n) is 4.93. The molecule has 3 fully saturated rings. The van der Waals surface area contributed by atoms with Crippen molar-refractivity contribution in [3.8, 4) is 0 Å². The molecule has 1 aliphatic carbocycles. The molecular formula is C14H26N2O2. The topological polar surface area (TPSA) is 47.7 Å². The normalized spacial score (nSPS) is 34.2. The SMILES string of the molecule is NCC1CCCN(C2CCC3(CC2)OCCO3)C1. The predicted molar refractivity (Wildman–Crippen MR) is 70.2 cm³/mol.